The summed E-state index contributed by atoms with van der Waals surface area (Å²) in [7, 11) is 0. The van der Waals surface area contributed by atoms with Crippen molar-refractivity contribution in [1.29, 1.82) is 0 Å². The Bertz CT molecular complexity index is 1030. The number of halogens is 2. The molecule has 0 bridgehead atoms. The predicted molar refractivity (Wildman–Crippen MR) is 153 cm³/mol. The molecule has 6 rings (SSSR count). The Labute approximate surface area is 260 Å². The smallest absolute Gasteiger partial charge is 0.0162 e. The van der Waals surface area contributed by atoms with Crippen LogP contribution in [0.5, 0.6) is 0 Å². The number of hydrogen-bond donors (Lipinski definition) is 0. The van der Waals surface area contributed by atoms with Crippen LogP contribution in [0.25, 0.3) is 11.1 Å². The molecule has 3 heteroatoms. The van der Waals surface area contributed by atoms with Gasteiger partial charge >= 0.3 is 41.3 Å². The molecular weight excluding hydrogens is 583 g/mol. The van der Waals surface area contributed by atoms with E-state index in [-0.39, 0.29) is 24.8 Å². The van der Waals surface area contributed by atoms with Crippen molar-refractivity contribution in [3.8, 4) is 11.1 Å². The van der Waals surface area contributed by atoms with Crippen molar-refractivity contribution < 1.29 is 49.0 Å². The maximum Gasteiger partial charge on any atom is -0.0162 e. The molecule has 2 fully saturated rings. The largest absolute Gasteiger partial charge is 1.00 e. The fourth-order valence-corrected chi connectivity index (χ4v) is 6.38. The Balaban J connectivity index is 0.000000398. The number of rotatable bonds is 2. The van der Waals surface area contributed by atoms with Crippen molar-refractivity contribution >= 4 is 3.21 Å². The van der Waals surface area contributed by atoms with E-state index in [0.29, 0.717) is 0 Å². The van der Waals surface area contributed by atoms with Crippen LogP contribution in [-0.4, -0.2) is 3.21 Å². The third-order valence-corrected chi connectivity index (χ3v) is 8.26. The van der Waals surface area contributed by atoms with Crippen LogP contribution >= 0.6 is 0 Å². The van der Waals surface area contributed by atoms with E-state index in [0.717, 1.165) is 24.7 Å². The second kappa shape index (κ2) is 16.5. The molecular formula is C35H44Cl2Zr-2. The van der Waals surface area contributed by atoms with Gasteiger partial charge in [0.25, 0.3) is 0 Å². The summed E-state index contributed by atoms with van der Waals surface area (Å²) < 4.78 is 1.51. The molecule has 0 atom stereocenters. The molecule has 4 aliphatic rings. The number of hydrogen-bond acceptors (Lipinski definition) is 0. The Hall–Kier alpha value is -0.747. The molecule has 0 unspecified atom stereocenters. The van der Waals surface area contributed by atoms with Crippen LogP contribution in [0.1, 0.15) is 130 Å². The number of fused-ring (bicyclic) bond motifs is 3. The Kier molecular flexibility index (Phi) is 14.5. The molecule has 0 radical (unpaired) electrons. The zero-order chi connectivity index (χ0) is 25.5. The number of aryl methyl sites for hydroxylation is 2. The minimum Gasteiger partial charge on any atom is -1.00 e. The van der Waals surface area contributed by atoms with Crippen molar-refractivity contribution in [3.63, 3.8) is 0 Å². The number of allylic oxidation sites excluding steroid dienone is 4. The fourth-order valence-electron chi connectivity index (χ4n) is 6.38. The maximum atomic E-state index is 3.81. The van der Waals surface area contributed by atoms with Crippen LogP contribution in [0.4, 0.5) is 0 Å². The van der Waals surface area contributed by atoms with Gasteiger partial charge in [-0.1, -0.05) is 57.6 Å². The van der Waals surface area contributed by atoms with E-state index < -0.39 is 0 Å². The minimum atomic E-state index is 0. The molecule has 204 valence electrons. The summed E-state index contributed by atoms with van der Waals surface area (Å²) in [6, 6.07) is 11.4. The van der Waals surface area contributed by atoms with Crippen LogP contribution in [0.2, 0.25) is 0 Å². The van der Waals surface area contributed by atoms with E-state index in [2.05, 4.69) is 64.1 Å². The third kappa shape index (κ3) is 8.88. The van der Waals surface area contributed by atoms with Crippen molar-refractivity contribution in [1.82, 2.24) is 0 Å². The third-order valence-electron chi connectivity index (χ3n) is 8.26. The van der Waals surface area contributed by atoms with E-state index >= 15 is 0 Å². The minimum absolute atomic E-state index is 0. The quantitative estimate of drug-likeness (QED) is 0.380. The van der Waals surface area contributed by atoms with Gasteiger partial charge in [0.05, 0.1) is 0 Å². The Morgan fingerprint density at radius 2 is 1.37 bits per heavy atom. The molecule has 0 amide bonds. The first-order valence-corrected chi connectivity index (χ1v) is 15.6. The molecule has 0 aliphatic heterocycles. The number of benzene rings is 2. The van der Waals surface area contributed by atoms with Crippen molar-refractivity contribution in [3.05, 3.63) is 82.0 Å². The first-order chi connectivity index (χ1) is 17.4. The van der Waals surface area contributed by atoms with E-state index in [4.69, 9.17) is 0 Å². The van der Waals surface area contributed by atoms with Gasteiger partial charge in [-0.2, -0.15) is 29.3 Å². The zero-order valence-corrected chi connectivity index (χ0v) is 27.8. The van der Waals surface area contributed by atoms with Gasteiger partial charge in [-0.3, -0.25) is 6.08 Å². The maximum absolute atomic E-state index is 3.81. The molecule has 0 heterocycles. The summed E-state index contributed by atoms with van der Waals surface area (Å²) in [6.45, 7) is 8.89. The van der Waals surface area contributed by atoms with Crippen molar-refractivity contribution in [2.45, 2.75) is 117 Å². The van der Waals surface area contributed by atoms with Gasteiger partial charge in [-0.25, -0.2) is 12.2 Å². The SMILES string of the molecule is C[C](C)=[Zr+2].Cc1[c-]c(C2CCCCC2)cc2c1Cc1c(C)cc(C3CCCCC3)cc1-2.[C-]1=CC=CC1.[Cl-].[Cl-]. The summed E-state index contributed by atoms with van der Waals surface area (Å²) in [5, 5.41) is 0. The normalized spacial score (nSPS) is 17.6. The molecule has 2 aromatic rings. The molecule has 4 aliphatic carbocycles. The summed E-state index contributed by atoms with van der Waals surface area (Å²) in [6.07, 6.45) is 25.1. The summed E-state index contributed by atoms with van der Waals surface area (Å²) in [5.41, 5.74) is 12.3. The average molecular weight is 627 g/mol. The van der Waals surface area contributed by atoms with Crippen LogP contribution in [0.3, 0.4) is 0 Å². The van der Waals surface area contributed by atoms with Crippen molar-refractivity contribution in [2.24, 2.45) is 0 Å². The average Bonchev–Trinajstić information content (AvgIpc) is 3.58. The van der Waals surface area contributed by atoms with Gasteiger partial charge in [-0.15, -0.1) is 17.5 Å². The zero-order valence-electron chi connectivity index (χ0n) is 23.9. The molecule has 0 aromatic heterocycles. The van der Waals surface area contributed by atoms with Gasteiger partial charge in [-0.05, 0) is 73.1 Å². The first-order valence-electron chi connectivity index (χ1n) is 14.4. The predicted octanol–water partition coefficient (Wildman–Crippen LogP) is 3.83. The standard InChI is InChI=1S/C27H33.C5H5.C3H6.2ClH.Zr/c1-18-13-22(20-9-5-3-6-10-20)15-26-24(18)17-25-19(2)14-23(16-27(25)26)21-11-7-4-8-12-21;1-2-4-5-3-1;1-3-2;;;/h13,15-16,20-21H,3-12,17H2,1-2H3;1-3H,4H2;1-2H3;2*1H;/q2*-1;;;;+2/p-2. The van der Waals surface area contributed by atoms with Crippen LogP contribution in [0, 0.1) is 26.0 Å². The van der Waals surface area contributed by atoms with E-state index in [1.54, 1.807) is 52.1 Å². The molecule has 38 heavy (non-hydrogen) atoms. The molecule has 0 nitrogen and oxygen atoms in total. The van der Waals surface area contributed by atoms with E-state index in [1.807, 2.05) is 12.2 Å². The Morgan fingerprint density at radius 1 is 0.789 bits per heavy atom. The van der Waals surface area contributed by atoms with Crippen molar-refractivity contribution in [2.75, 3.05) is 0 Å². The first kappa shape index (κ1) is 33.5. The summed E-state index contributed by atoms with van der Waals surface area (Å²) >= 11 is 1.55. The van der Waals surface area contributed by atoms with Gasteiger partial charge in [0, 0.05) is 0 Å². The van der Waals surface area contributed by atoms with Gasteiger partial charge in [0.2, 0.25) is 0 Å². The molecule has 2 aromatic carbocycles. The van der Waals surface area contributed by atoms with Gasteiger partial charge in [0.15, 0.2) is 0 Å². The second-order valence-electron chi connectivity index (χ2n) is 11.5. The van der Waals surface area contributed by atoms with Crippen LogP contribution in [-0.2, 0) is 30.7 Å². The Morgan fingerprint density at radius 3 is 1.89 bits per heavy atom. The molecule has 0 saturated heterocycles. The van der Waals surface area contributed by atoms with Crippen LogP contribution < -0.4 is 24.8 Å². The summed E-state index contributed by atoms with van der Waals surface area (Å²) in [4.78, 5) is 0. The molecule has 0 spiro atoms. The van der Waals surface area contributed by atoms with E-state index in [9.17, 15) is 0 Å². The molecule has 0 N–H and O–H groups in total. The second-order valence-corrected chi connectivity index (χ2v) is 13.9. The van der Waals surface area contributed by atoms with Crippen LogP contribution in [0.15, 0.2) is 36.4 Å². The monoisotopic (exact) mass is 624 g/mol. The fraction of sp³-hybridized carbons (Fsp3) is 0.514. The van der Waals surface area contributed by atoms with Gasteiger partial charge < -0.3 is 24.8 Å². The molecule has 2 saturated carbocycles. The summed E-state index contributed by atoms with van der Waals surface area (Å²) in [5.74, 6) is 1.54. The topological polar surface area (TPSA) is 0 Å². The van der Waals surface area contributed by atoms with E-state index in [1.165, 1.54) is 84.1 Å². The van der Waals surface area contributed by atoms with Gasteiger partial charge in [0.1, 0.15) is 0 Å².